The fourth-order valence-corrected chi connectivity index (χ4v) is 2.30. The second-order valence-corrected chi connectivity index (χ2v) is 5.22. The Bertz CT molecular complexity index is 394. The van der Waals surface area contributed by atoms with E-state index in [1.807, 2.05) is 13.8 Å². The highest BCUT2D eigenvalue weighted by atomic mass is 127. The maximum Gasteiger partial charge on any atom is 0.389 e. The Balaban J connectivity index is 2.97. The van der Waals surface area contributed by atoms with Crippen LogP contribution in [0.15, 0.2) is 0 Å². The van der Waals surface area contributed by atoms with Crippen molar-refractivity contribution >= 4 is 28.4 Å². The van der Waals surface area contributed by atoms with Gasteiger partial charge in [-0.1, -0.05) is 13.3 Å². The Morgan fingerprint density at radius 3 is 2.37 bits per heavy atom. The summed E-state index contributed by atoms with van der Waals surface area (Å²) in [6, 6.07) is 0. The fraction of sp³-hybridized carbons (Fsp3) is 0.667. The van der Waals surface area contributed by atoms with Gasteiger partial charge in [0.15, 0.2) is 0 Å². The van der Waals surface area contributed by atoms with E-state index in [9.17, 15) is 13.2 Å². The molecule has 0 aliphatic rings. The Morgan fingerprint density at radius 2 is 1.84 bits per heavy atom. The number of nitrogens with zero attached hydrogens (tertiary/aromatic N) is 2. The van der Waals surface area contributed by atoms with Crippen LogP contribution in [0.5, 0.6) is 0 Å². The summed E-state index contributed by atoms with van der Waals surface area (Å²) in [7, 11) is 0. The van der Waals surface area contributed by atoms with Crippen LogP contribution < -0.4 is 5.32 Å². The minimum absolute atomic E-state index is 0.171. The average Bonchev–Trinajstić information content (AvgIpc) is 2.31. The van der Waals surface area contributed by atoms with Crippen molar-refractivity contribution < 1.29 is 13.2 Å². The van der Waals surface area contributed by atoms with E-state index in [0.29, 0.717) is 12.4 Å². The summed E-state index contributed by atoms with van der Waals surface area (Å²) < 4.78 is 37.6. The summed E-state index contributed by atoms with van der Waals surface area (Å²) in [6.07, 6.45) is -3.58. The maximum absolute atomic E-state index is 12.2. The molecule has 1 N–H and O–H groups in total. The Kier molecular flexibility index (Phi) is 6.28. The number of aryl methyl sites for hydroxylation is 2. The van der Waals surface area contributed by atoms with Gasteiger partial charge in [-0.2, -0.15) is 13.2 Å². The van der Waals surface area contributed by atoms with Gasteiger partial charge in [0, 0.05) is 13.0 Å². The van der Waals surface area contributed by atoms with Crippen LogP contribution in [0.25, 0.3) is 0 Å². The van der Waals surface area contributed by atoms with Gasteiger partial charge in [-0.05, 0) is 35.9 Å². The van der Waals surface area contributed by atoms with Gasteiger partial charge in [0.05, 0.1) is 15.7 Å². The minimum atomic E-state index is -4.17. The van der Waals surface area contributed by atoms with Crippen LogP contribution >= 0.6 is 22.6 Å². The molecule has 0 saturated heterocycles. The minimum Gasteiger partial charge on any atom is -0.369 e. The van der Waals surface area contributed by atoms with E-state index in [2.05, 4.69) is 37.9 Å². The quantitative estimate of drug-likeness (QED) is 0.751. The monoisotopic (exact) mass is 387 g/mol. The number of nitrogens with one attached hydrogen (secondary N) is 1. The van der Waals surface area contributed by atoms with Gasteiger partial charge >= 0.3 is 6.18 Å². The highest BCUT2D eigenvalue weighted by Gasteiger charge is 2.27. The molecule has 0 saturated carbocycles. The van der Waals surface area contributed by atoms with Crippen LogP contribution in [0.1, 0.15) is 38.2 Å². The second kappa shape index (κ2) is 7.25. The van der Waals surface area contributed by atoms with Crippen molar-refractivity contribution in [3.8, 4) is 0 Å². The molecule has 1 aromatic heterocycles. The molecule has 0 unspecified atom stereocenters. The first-order valence-electron chi connectivity index (χ1n) is 6.23. The van der Waals surface area contributed by atoms with Crippen molar-refractivity contribution in [2.75, 3.05) is 11.9 Å². The third-order valence-electron chi connectivity index (χ3n) is 2.43. The topological polar surface area (TPSA) is 37.8 Å². The Hall–Kier alpha value is -0.600. The van der Waals surface area contributed by atoms with E-state index >= 15 is 0 Å². The molecular weight excluding hydrogens is 370 g/mol. The van der Waals surface area contributed by atoms with E-state index in [4.69, 9.17) is 0 Å². The summed E-state index contributed by atoms with van der Waals surface area (Å²) in [5.41, 5.74) is 0.825. The molecule has 0 aromatic carbocycles. The molecule has 1 rings (SSSR count). The van der Waals surface area contributed by atoms with Crippen molar-refractivity contribution in [1.82, 2.24) is 9.97 Å². The SMILES string of the molecule is CCCc1nc(CCC(F)(F)F)nc(NCC)c1I. The molecule has 0 fully saturated rings. The van der Waals surface area contributed by atoms with Crippen molar-refractivity contribution in [1.29, 1.82) is 0 Å². The molecule has 0 bridgehead atoms. The van der Waals surface area contributed by atoms with Gasteiger partial charge in [-0.15, -0.1) is 0 Å². The summed E-state index contributed by atoms with van der Waals surface area (Å²) in [5.74, 6) is 0.899. The Labute approximate surface area is 124 Å². The van der Waals surface area contributed by atoms with E-state index in [-0.39, 0.29) is 12.2 Å². The molecule has 108 valence electrons. The average molecular weight is 387 g/mol. The number of alkyl halides is 3. The molecule has 1 heterocycles. The highest BCUT2D eigenvalue weighted by molar-refractivity contribution is 14.1. The lowest BCUT2D eigenvalue weighted by atomic mass is 10.2. The number of rotatable bonds is 6. The first kappa shape index (κ1) is 16.5. The summed E-state index contributed by atoms with van der Waals surface area (Å²) >= 11 is 2.14. The smallest absolute Gasteiger partial charge is 0.369 e. The van der Waals surface area contributed by atoms with Crippen LogP contribution in [-0.2, 0) is 12.8 Å². The number of halogens is 4. The van der Waals surface area contributed by atoms with Crippen LogP contribution in [0.2, 0.25) is 0 Å². The summed E-state index contributed by atoms with van der Waals surface area (Å²) in [4.78, 5) is 8.43. The first-order valence-corrected chi connectivity index (χ1v) is 7.31. The van der Waals surface area contributed by atoms with E-state index in [1.54, 1.807) is 0 Å². The molecule has 0 aliphatic heterocycles. The first-order chi connectivity index (χ1) is 8.87. The van der Waals surface area contributed by atoms with Crippen LogP contribution in [0, 0.1) is 3.57 Å². The van der Waals surface area contributed by atoms with E-state index in [0.717, 1.165) is 22.1 Å². The van der Waals surface area contributed by atoms with E-state index in [1.165, 1.54) is 0 Å². The van der Waals surface area contributed by atoms with Crippen molar-refractivity contribution in [3.63, 3.8) is 0 Å². The number of anilines is 1. The predicted octanol–water partition coefficient (Wildman–Crippen LogP) is 3.96. The molecule has 0 spiro atoms. The normalized spacial score (nSPS) is 11.7. The molecule has 0 atom stereocenters. The largest absolute Gasteiger partial charge is 0.389 e. The van der Waals surface area contributed by atoms with Crippen LogP contribution in [-0.4, -0.2) is 22.7 Å². The van der Waals surface area contributed by atoms with Crippen molar-refractivity contribution in [3.05, 3.63) is 15.1 Å². The van der Waals surface area contributed by atoms with Crippen molar-refractivity contribution in [2.45, 2.75) is 45.7 Å². The van der Waals surface area contributed by atoms with Gasteiger partial charge in [0.25, 0.3) is 0 Å². The molecule has 0 amide bonds. The number of hydrogen-bond acceptors (Lipinski definition) is 3. The predicted molar refractivity (Wildman–Crippen MR) is 77.3 cm³/mol. The fourth-order valence-electron chi connectivity index (χ4n) is 1.60. The van der Waals surface area contributed by atoms with Crippen LogP contribution in [0.3, 0.4) is 0 Å². The standard InChI is InChI=1S/C12H17F3IN3/c1-3-5-8-10(16)11(17-4-2)19-9(18-8)6-7-12(13,14)15/h3-7H2,1-2H3,(H,17,18,19). The molecule has 0 aliphatic carbocycles. The third kappa shape index (κ3) is 5.50. The zero-order chi connectivity index (χ0) is 14.5. The molecule has 19 heavy (non-hydrogen) atoms. The summed E-state index contributed by atoms with van der Waals surface area (Å²) in [6.45, 7) is 4.62. The van der Waals surface area contributed by atoms with E-state index < -0.39 is 12.6 Å². The highest BCUT2D eigenvalue weighted by Crippen LogP contribution is 2.24. The lowest BCUT2D eigenvalue weighted by Gasteiger charge is -2.12. The molecule has 0 radical (unpaired) electrons. The third-order valence-corrected chi connectivity index (χ3v) is 3.56. The van der Waals surface area contributed by atoms with Crippen molar-refractivity contribution in [2.24, 2.45) is 0 Å². The lowest BCUT2D eigenvalue weighted by Crippen LogP contribution is -2.13. The van der Waals surface area contributed by atoms with Gasteiger partial charge in [0.2, 0.25) is 0 Å². The van der Waals surface area contributed by atoms with Gasteiger partial charge in [-0.25, -0.2) is 9.97 Å². The van der Waals surface area contributed by atoms with Gasteiger partial charge < -0.3 is 5.32 Å². The zero-order valence-electron chi connectivity index (χ0n) is 10.9. The Morgan fingerprint density at radius 1 is 1.16 bits per heavy atom. The summed E-state index contributed by atoms with van der Waals surface area (Å²) in [5, 5.41) is 3.07. The lowest BCUT2D eigenvalue weighted by molar-refractivity contribution is -0.134. The number of hydrogen-bond donors (Lipinski definition) is 1. The molecular formula is C12H17F3IN3. The zero-order valence-corrected chi connectivity index (χ0v) is 13.1. The number of aromatic nitrogens is 2. The van der Waals surface area contributed by atoms with Gasteiger partial charge in [0.1, 0.15) is 11.6 Å². The molecule has 7 heteroatoms. The van der Waals surface area contributed by atoms with Gasteiger partial charge in [-0.3, -0.25) is 0 Å². The molecule has 1 aromatic rings. The maximum atomic E-state index is 12.2. The molecule has 3 nitrogen and oxygen atoms in total. The second-order valence-electron chi connectivity index (χ2n) is 4.14. The van der Waals surface area contributed by atoms with Crippen LogP contribution in [0.4, 0.5) is 19.0 Å².